The normalized spacial score (nSPS) is 26.7. The van der Waals surface area contributed by atoms with Gasteiger partial charge in [-0.05, 0) is 50.2 Å². The fourth-order valence-corrected chi connectivity index (χ4v) is 4.38. The molecule has 1 aromatic carbocycles. The first-order valence-corrected chi connectivity index (χ1v) is 9.79. The number of rotatable bonds is 4. The second kappa shape index (κ2) is 7.39. The van der Waals surface area contributed by atoms with E-state index in [1.807, 2.05) is 31.2 Å². The quantitative estimate of drug-likeness (QED) is 0.732. The Morgan fingerprint density at radius 1 is 1.35 bits per heavy atom. The SMILES string of the molecule is CC1CCC2(CC1)NC(=O)N(CC(=O)NC(C)c1ccccc1Br)C2=O. The van der Waals surface area contributed by atoms with Crippen LogP contribution in [0.1, 0.15) is 51.1 Å². The van der Waals surface area contributed by atoms with E-state index in [0.29, 0.717) is 18.8 Å². The molecule has 0 aromatic heterocycles. The Morgan fingerprint density at radius 2 is 2.00 bits per heavy atom. The lowest BCUT2D eigenvalue weighted by molar-refractivity contribution is -0.136. The molecule has 3 rings (SSSR count). The highest BCUT2D eigenvalue weighted by molar-refractivity contribution is 9.10. The summed E-state index contributed by atoms with van der Waals surface area (Å²) in [5.41, 5.74) is 0.133. The molecule has 1 unspecified atom stereocenters. The van der Waals surface area contributed by atoms with E-state index in [1.54, 1.807) is 0 Å². The molecule has 6 nitrogen and oxygen atoms in total. The molecule has 26 heavy (non-hydrogen) atoms. The first-order chi connectivity index (χ1) is 12.3. The van der Waals surface area contributed by atoms with E-state index in [9.17, 15) is 14.4 Å². The zero-order chi connectivity index (χ0) is 18.9. The molecule has 1 aliphatic heterocycles. The largest absolute Gasteiger partial charge is 0.348 e. The van der Waals surface area contributed by atoms with Crippen molar-refractivity contribution in [3.8, 4) is 0 Å². The summed E-state index contributed by atoms with van der Waals surface area (Å²) >= 11 is 3.47. The van der Waals surface area contributed by atoms with Crippen LogP contribution in [0.3, 0.4) is 0 Å². The van der Waals surface area contributed by atoms with Crippen LogP contribution < -0.4 is 10.6 Å². The van der Waals surface area contributed by atoms with Gasteiger partial charge in [0.2, 0.25) is 5.91 Å². The lowest BCUT2D eigenvalue weighted by Gasteiger charge is -2.33. The maximum absolute atomic E-state index is 12.8. The summed E-state index contributed by atoms with van der Waals surface area (Å²) in [5.74, 6) is -0.0519. The number of nitrogens with zero attached hydrogens (tertiary/aromatic N) is 1. The summed E-state index contributed by atoms with van der Waals surface area (Å²) in [6, 6.07) is 6.93. The number of halogens is 1. The minimum atomic E-state index is -0.808. The van der Waals surface area contributed by atoms with Crippen molar-refractivity contribution in [1.29, 1.82) is 0 Å². The number of amides is 4. The van der Waals surface area contributed by atoms with Crippen molar-refractivity contribution in [3.05, 3.63) is 34.3 Å². The Hall–Kier alpha value is -1.89. The highest BCUT2D eigenvalue weighted by Gasteiger charge is 2.52. The van der Waals surface area contributed by atoms with Gasteiger partial charge in [0.1, 0.15) is 12.1 Å². The van der Waals surface area contributed by atoms with Crippen molar-refractivity contribution in [2.45, 2.75) is 51.1 Å². The number of nitrogens with one attached hydrogen (secondary N) is 2. The van der Waals surface area contributed by atoms with Gasteiger partial charge < -0.3 is 10.6 Å². The molecular weight excluding hydrogens is 398 g/mol. The number of benzene rings is 1. The first kappa shape index (κ1) is 18.9. The molecule has 4 amide bonds. The first-order valence-electron chi connectivity index (χ1n) is 9.00. The third kappa shape index (κ3) is 3.63. The van der Waals surface area contributed by atoms with Crippen LogP contribution in [0.4, 0.5) is 4.79 Å². The third-order valence-corrected chi connectivity index (χ3v) is 6.15. The van der Waals surface area contributed by atoms with E-state index in [1.165, 1.54) is 0 Å². The van der Waals surface area contributed by atoms with Crippen molar-refractivity contribution >= 4 is 33.8 Å². The highest BCUT2D eigenvalue weighted by atomic mass is 79.9. The second-order valence-corrected chi connectivity index (χ2v) is 8.25. The summed E-state index contributed by atoms with van der Waals surface area (Å²) in [4.78, 5) is 38.6. The molecule has 1 saturated carbocycles. The van der Waals surface area contributed by atoms with Crippen molar-refractivity contribution in [3.63, 3.8) is 0 Å². The van der Waals surface area contributed by atoms with Crippen molar-refractivity contribution < 1.29 is 14.4 Å². The van der Waals surface area contributed by atoms with Crippen LogP contribution in [0.25, 0.3) is 0 Å². The van der Waals surface area contributed by atoms with Gasteiger partial charge in [-0.2, -0.15) is 0 Å². The van der Waals surface area contributed by atoms with Crippen molar-refractivity contribution in [2.24, 2.45) is 5.92 Å². The summed E-state index contributed by atoms with van der Waals surface area (Å²) in [6.45, 7) is 3.77. The number of hydrogen-bond acceptors (Lipinski definition) is 3. The molecule has 0 radical (unpaired) electrons. The Bertz CT molecular complexity index is 728. The molecule has 1 heterocycles. The van der Waals surface area contributed by atoms with E-state index in [0.717, 1.165) is 27.8 Å². The zero-order valence-corrected chi connectivity index (χ0v) is 16.6. The minimum Gasteiger partial charge on any atom is -0.348 e. The molecule has 140 valence electrons. The van der Waals surface area contributed by atoms with E-state index in [4.69, 9.17) is 0 Å². The standard InChI is InChI=1S/C19H24BrN3O3/c1-12-7-9-19(10-8-12)17(25)23(18(26)22-19)11-16(24)21-13(2)14-5-3-4-6-15(14)20/h3-6,12-13H,7-11H2,1-2H3,(H,21,24)(H,22,26). The van der Waals surface area contributed by atoms with Gasteiger partial charge in [-0.3, -0.25) is 14.5 Å². The maximum atomic E-state index is 12.8. The van der Waals surface area contributed by atoms with Crippen LogP contribution in [0.5, 0.6) is 0 Å². The maximum Gasteiger partial charge on any atom is 0.325 e. The summed E-state index contributed by atoms with van der Waals surface area (Å²) in [5, 5.41) is 5.70. The van der Waals surface area contributed by atoms with E-state index >= 15 is 0 Å². The number of urea groups is 1. The van der Waals surface area contributed by atoms with E-state index in [2.05, 4.69) is 33.5 Å². The van der Waals surface area contributed by atoms with E-state index < -0.39 is 11.6 Å². The Labute approximate surface area is 161 Å². The van der Waals surface area contributed by atoms with Gasteiger partial charge >= 0.3 is 6.03 Å². The molecule has 1 aliphatic carbocycles. The Balaban J connectivity index is 1.63. The number of carbonyl (C=O) groups excluding carboxylic acids is 3. The van der Waals surface area contributed by atoms with Gasteiger partial charge in [0.05, 0.1) is 6.04 Å². The monoisotopic (exact) mass is 421 g/mol. The summed E-state index contributed by atoms with van der Waals surface area (Å²) in [6.07, 6.45) is 3.10. The van der Waals surface area contributed by atoms with E-state index in [-0.39, 0.29) is 24.4 Å². The molecular formula is C19H24BrN3O3. The average Bonchev–Trinajstić information content (AvgIpc) is 2.82. The second-order valence-electron chi connectivity index (χ2n) is 7.40. The fourth-order valence-electron chi connectivity index (χ4n) is 3.75. The summed E-state index contributed by atoms with van der Waals surface area (Å²) < 4.78 is 0.901. The number of carbonyl (C=O) groups is 3. The topological polar surface area (TPSA) is 78.5 Å². The highest BCUT2D eigenvalue weighted by Crippen LogP contribution is 2.36. The lowest BCUT2D eigenvalue weighted by Crippen LogP contribution is -2.50. The van der Waals surface area contributed by atoms with Crippen LogP contribution >= 0.6 is 15.9 Å². The van der Waals surface area contributed by atoms with Crippen LogP contribution in [0.2, 0.25) is 0 Å². The van der Waals surface area contributed by atoms with Crippen molar-refractivity contribution in [2.75, 3.05) is 6.54 Å². The fraction of sp³-hybridized carbons (Fsp3) is 0.526. The zero-order valence-electron chi connectivity index (χ0n) is 15.0. The Morgan fingerprint density at radius 3 is 2.65 bits per heavy atom. The van der Waals surface area contributed by atoms with Gasteiger partial charge in [0.25, 0.3) is 5.91 Å². The number of imide groups is 1. The van der Waals surface area contributed by atoms with Gasteiger partial charge in [-0.25, -0.2) is 4.79 Å². The van der Waals surface area contributed by atoms with Gasteiger partial charge in [0, 0.05) is 4.47 Å². The molecule has 2 fully saturated rings. The smallest absolute Gasteiger partial charge is 0.325 e. The predicted octanol–water partition coefficient (Wildman–Crippen LogP) is 3.13. The molecule has 0 bridgehead atoms. The number of hydrogen-bond donors (Lipinski definition) is 2. The lowest BCUT2D eigenvalue weighted by atomic mass is 9.77. The Kier molecular flexibility index (Phi) is 5.37. The van der Waals surface area contributed by atoms with Gasteiger partial charge in [-0.15, -0.1) is 0 Å². The van der Waals surface area contributed by atoms with Gasteiger partial charge in [0.15, 0.2) is 0 Å². The van der Waals surface area contributed by atoms with Crippen LogP contribution in [0.15, 0.2) is 28.7 Å². The van der Waals surface area contributed by atoms with Crippen LogP contribution in [0, 0.1) is 5.92 Å². The predicted molar refractivity (Wildman–Crippen MR) is 101 cm³/mol. The van der Waals surface area contributed by atoms with Crippen molar-refractivity contribution in [1.82, 2.24) is 15.5 Å². The molecule has 1 atom stereocenters. The molecule has 1 saturated heterocycles. The summed E-state index contributed by atoms with van der Waals surface area (Å²) in [7, 11) is 0. The third-order valence-electron chi connectivity index (χ3n) is 5.42. The minimum absolute atomic E-state index is 0.233. The average molecular weight is 422 g/mol. The molecule has 1 spiro atoms. The molecule has 2 aliphatic rings. The van der Waals surface area contributed by atoms with Gasteiger partial charge in [-0.1, -0.05) is 41.1 Å². The van der Waals surface area contributed by atoms with Crippen LogP contribution in [-0.2, 0) is 9.59 Å². The molecule has 2 N–H and O–H groups in total. The van der Waals surface area contributed by atoms with Crippen LogP contribution in [-0.4, -0.2) is 34.8 Å². The molecule has 1 aromatic rings. The molecule has 7 heteroatoms.